The second kappa shape index (κ2) is 6.84. The highest BCUT2D eigenvalue weighted by Gasteiger charge is 2.10. The molecule has 3 rings (SSSR count). The van der Waals surface area contributed by atoms with Crippen LogP contribution in [0.2, 0.25) is 0 Å². The summed E-state index contributed by atoms with van der Waals surface area (Å²) in [4.78, 5) is 14.2. The van der Waals surface area contributed by atoms with Crippen molar-refractivity contribution >= 4 is 24.1 Å². The van der Waals surface area contributed by atoms with Crippen LogP contribution in [0.4, 0.5) is 5.69 Å². The lowest BCUT2D eigenvalue weighted by Gasteiger charge is -2.28. The molecule has 0 bridgehead atoms. The van der Waals surface area contributed by atoms with Crippen molar-refractivity contribution in [3.8, 4) is 0 Å². The number of aryl methyl sites for hydroxylation is 1. The number of hydrogen-bond acceptors (Lipinski definition) is 6. The van der Waals surface area contributed by atoms with E-state index >= 15 is 0 Å². The van der Waals surface area contributed by atoms with Gasteiger partial charge in [0.15, 0.2) is 0 Å². The van der Waals surface area contributed by atoms with Crippen LogP contribution in [-0.4, -0.2) is 47.4 Å². The third kappa shape index (κ3) is 3.54. The molecule has 1 saturated heterocycles. The zero-order valence-electron chi connectivity index (χ0n) is 12.7. The lowest BCUT2D eigenvalue weighted by atomic mass is 10.2. The average Bonchev–Trinajstić information content (AvgIpc) is 2.60. The molecule has 0 atom stereocenters. The molecule has 120 valence electrons. The molecule has 1 aliphatic heterocycles. The number of rotatable bonds is 3. The van der Waals surface area contributed by atoms with Gasteiger partial charge in [-0.2, -0.15) is 14.9 Å². The number of morpholine rings is 1. The van der Waals surface area contributed by atoms with Gasteiger partial charge in [0.05, 0.1) is 19.4 Å². The SMILES string of the molecule is Cc1n[nH]c(=S)n(N=Cc2ccc(N3CCOCC3)cc2)c1=O. The maximum Gasteiger partial charge on any atom is 0.296 e. The van der Waals surface area contributed by atoms with Crippen LogP contribution in [0, 0.1) is 11.7 Å². The number of hydrogen-bond donors (Lipinski definition) is 1. The number of benzene rings is 1. The molecule has 0 saturated carbocycles. The molecule has 0 radical (unpaired) electrons. The Morgan fingerprint density at radius 2 is 2.00 bits per heavy atom. The monoisotopic (exact) mass is 331 g/mol. The predicted molar refractivity (Wildman–Crippen MR) is 90.9 cm³/mol. The molecular formula is C15H17N5O2S. The zero-order chi connectivity index (χ0) is 16.2. The summed E-state index contributed by atoms with van der Waals surface area (Å²) in [6.07, 6.45) is 1.60. The Bertz CT molecular complexity index is 819. The second-order valence-corrected chi connectivity index (χ2v) is 5.55. The van der Waals surface area contributed by atoms with Crippen molar-refractivity contribution in [3.05, 3.63) is 50.6 Å². The summed E-state index contributed by atoms with van der Waals surface area (Å²) in [5.41, 5.74) is 2.03. The largest absolute Gasteiger partial charge is 0.378 e. The number of anilines is 1. The van der Waals surface area contributed by atoms with Crippen LogP contribution in [0.5, 0.6) is 0 Å². The van der Waals surface area contributed by atoms with Gasteiger partial charge in [-0.05, 0) is 36.8 Å². The third-order valence-corrected chi connectivity index (χ3v) is 3.87. The maximum absolute atomic E-state index is 12.0. The van der Waals surface area contributed by atoms with Crippen LogP contribution in [0.1, 0.15) is 11.3 Å². The third-order valence-electron chi connectivity index (χ3n) is 3.61. The summed E-state index contributed by atoms with van der Waals surface area (Å²) < 4.78 is 6.65. The van der Waals surface area contributed by atoms with E-state index < -0.39 is 0 Å². The van der Waals surface area contributed by atoms with Gasteiger partial charge in [-0.25, -0.2) is 0 Å². The van der Waals surface area contributed by atoms with E-state index in [9.17, 15) is 4.79 Å². The van der Waals surface area contributed by atoms with E-state index in [2.05, 4.69) is 20.2 Å². The summed E-state index contributed by atoms with van der Waals surface area (Å²) >= 11 is 5.03. The lowest BCUT2D eigenvalue weighted by molar-refractivity contribution is 0.122. The van der Waals surface area contributed by atoms with Crippen molar-refractivity contribution in [3.63, 3.8) is 0 Å². The molecule has 8 heteroatoms. The van der Waals surface area contributed by atoms with Crippen LogP contribution in [0.3, 0.4) is 0 Å². The lowest BCUT2D eigenvalue weighted by Crippen LogP contribution is -2.36. The molecule has 1 N–H and O–H groups in total. The van der Waals surface area contributed by atoms with Crippen LogP contribution < -0.4 is 10.5 Å². The zero-order valence-corrected chi connectivity index (χ0v) is 13.5. The molecule has 0 unspecified atom stereocenters. The number of nitrogens with one attached hydrogen (secondary N) is 1. The van der Waals surface area contributed by atoms with E-state index in [0.29, 0.717) is 5.69 Å². The Hall–Kier alpha value is -2.32. The normalized spacial score (nSPS) is 15.3. The molecule has 1 fully saturated rings. The first-order valence-corrected chi connectivity index (χ1v) is 7.71. The van der Waals surface area contributed by atoms with Gasteiger partial charge in [-0.15, -0.1) is 0 Å². The van der Waals surface area contributed by atoms with E-state index in [0.717, 1.165) is 42.2 Å². The van der Waals surface area contributed by atoms with Crippen molar-refractivity contribution < 1.29 is 4.74 Å². The van der Waals surface area contributed by atoms with Crippen molar-refractivity contribution in [2.24, 2.45) is 5.10 Å². The predicted octanol–water partition coefficient (Wildman–Crippen LogP) is 1.33. The highest BCUT2D eigenvalue weighted by atomic mass is 32.1. The highest BCUT2D eigenvalue weighted by molar-refractivity contribution is 7.71. The van der Waals surface area contributed by atoms with Crippen molar-refractivity contribution in [1.82, 2.24) is 14.9 Å². The fourth-order valence-corrected chi connectivity index (χ4v) is 2.47. The summed E-state index contributed by atoms with van der Waals surface area (Å²) in [5.74, 6) is 0. The van der Waals surface area contributed by atoms with Crippen molar-refractivity contribution in [1.29, 1.82) is 0 Å². The number of H-pyrrole nitrogens is 1. The molecule has 0 spiro atoms. The first-order valence-electron chi connectivity index (χ1n) is 7.30. The molecule has 0 aliphatic carbocycles. The number of nitrogens with zero attached hydrogens (tertiary/aromatic N) is 4. The maximum atomic E-state index is 12.0. The van der Waals surface area contributed by atoms with Crippen LogP contribution >= 0.6 is 12.2 Å². The van der Waals surface area contributed by atoms with Crippen LogP contribution in [0.15, 0.2) is 34.2 Å². The van der Waals surface area contributed by atoms with Gasteiger partial charge in [-0.3, -0.25) is 9.89 Å². The Labute approximate surface area is 138 Å². The van der Waals surface area contributed by atoms with Crippen LogP contribution in [-0.2, 0) is 4.74 Å². The topological polar surface area (TPSA) is 75.5 Å². The Balaban J connectivity index is 1.80. The van der Waals surface area contributed by atoms with Gasteiger partial charge in [0.2, 0.25) is 4.77 Å². The highest BCUT2D eigenvalue weighted by Crippen LogP contribution is 2.15. The summed E-state index contributed by atoms with van der Waals surface area (Å²) in [5, 5.41) is 10.5. The van der Waals surface area contributed by atoms with E-state index in [4.69, 9.17) is 17.0 Å². The van der Waals surface area contributed by atoms with Gasteiger partial charge >= 0.3 is 0 Å². The number of aromatic amines is 1. The Morgan fingerprint density at radius 1 is 1.30 bits per heavy atom. The van der Waals surface area contributed by atoms with Crippen LogP contribution in [0.25, 0.3) is 0 Å². The smallest absolute Gasteiger partial charge is 0.296 e. The number of aromatic nitrogens is 3. The molecule has 1 aliphatic rings. The standard InChI is InChI=1S/C15H17N5O2S/c1-11-14(21)20(15(23)18-17-11)16-10-12-2-4-13(5-3-12)19-6-8-22-9-7-19/h2-5,10H,6-9H2,1H3,(H,18,23). The van der Waals surface area contributed by atoms with Crippen molar-refractivity contribution in [2.75, 3.05) is 31.2 Å². The van der Waals surface area contributed by atoms with E-state index in [1.165, 1.54) is 0 Å². The van der Waals surface area contributed by atoms with E-state index in [1.54, 1.807) is 13.1 Å². The molecule has 2 aromatic rings. The second-order valence-electron chi connectivity index (χ2n) is 5.17. The molecular weight excluding hydrogens is 314 g/mol. The summed E-state index contributed by atoms with van der Waals surface area (Å²) in [6.45, 7) is 4.91. The molecule has 2 heterocycles. The molecule has 1 aromatic carbocycles. The minimum absolute atomic E-state index is 0.168. The van der Waals surface area contributed by atoms with E-state index in [1.807, 2.05) is 24.3 Å². The molecule has 1 aromatic heterocycles. The molecule has 0 amide bonds. The fraction of sp³-hybridized carbons (Fsp3) is 0.333. The van der Waals surface area contributed by atoms with Gasteiger partial charge in [0.1, 0.15) is 5.69 Å². The van der Waals surface area contributed by atoms with Gasteiger partial charge in [-0.1, -0.05) is 12.1 Å². The average molecular weight is 331 g/mol. The Kier molecular flexibility index (Phi) is 4.63. The summed E-state index contributed by atoms with van der Waals surface area (Å²) in [7, 11) is 0. The minimum atomic E-state index is -0.324. The quantitative estimate of drug-likeness (QED) is 0.678. The van der Waals surface area contributed by atoms with E-state index in [-0.39, 0.29) is 10.3 Å². The minimum Gasteiger partial charge on any atom is -0.378 e. The summed E-state index contributed by atoms with van der Waals surface area (Å²) in [6, 6.07) is 7.99. The number of ether oxygens (including phenoxy) is 1. The van der Waals surface area contributed by atoms with Gasteiger partial charge in [0.25, 0.3) is 5.56 Å². The first kappa shape index (κ1) is 15.6. The molecule has 23 heavy (non-hydrogen) atoms. The fourth-order valence-electron chi connectivity index (χ4n) is 2.29. The Morgan fingerprint density at radius 3 is 2.70 bits per heavy atom. The van der Waals surface area contributed by atoms with Crippen molar-refractivity contribution in [2.45, 2.75) is 6.92 Å². The van der Waals surface area contributed by atoms with Gasteiger partial charge < -0.3 is 9.64 Å². The van der Waals surface area contributed by atoms with Gasteiger partial charge in [0, 0.05) is 18.8 Å². The molecule has 7 nitrogen and oxygen atoms in total. The first-order chi connectivity index (χ1) is 11.1.